The second-order valence-corrected chi connectivity index (χ2v) is 4.25. The van der Waals surface area contributed by atoms with E-state index >= 15 is 0 Å². The first kappa shape index (κ1) is 10.7. The zero-order valence-corrected chi connectivity index (χ0v) is 10.00. The van der Waals surface area contributed by atoms with Crippen LogP contribution in [0.25, 0.3) is 16.8 Å². The molecule has 88 valence electrons. The molecule has 3 heterocycles. The van der Waals surface area contributed by atoms with Crippen molar-refractivity contribution in [2.24, 2.45) is 0 Å². The van der Waals surface area contributed by atoms with E-state index in [1.54, 1.807) is 6.20 Å². The average Bonchev–Trinajstić information content (AvgIpc) is 2.77. The number of carbonyl (C=O) groups excluding carboxylic acids is 1. The van der Waals surface area contributed by atoms with Gasteiger partial charge in [0, 0.05) is 34.7 Å². The van der Waals surface area contributed by atoms with Crippen LogP contribution in [0.4, 0.5) is 0 Å². The topological polar surface area (TPSA) is 34.4 Å². The summed E-state index contributed by atoms with van der Waals surface area (Å²) in [6.07, 6.45) is 4.63. The molecule has 0 fully saturated rings. The van der Waals surface area contributed by atoms with E-state index in [1.807, 2.05) is 53.9 Å². The van der Waals surface area contributed by atoms with E-state index in [0.717, 1.165) is 28.8 Å². The quantitative estimate of drug-likeness (QED) is 0.641. The highest BCUT2D eigenvalue weighted by molar-refractivity contribution is 5.90. The number of hydrogen-bond donors (Lipinski definition) is 0. The van der Waals surface area contributed by atoms with Gasteiger partial charge >= 0.3 is 0 Å². The van der Waals surface area contributed by atoms with Crippen LogP contribution in [0.15, 0.2) is 48.8 Å². The van der Waals surface area contributed by atoms with Crippen molar-refractivity contribution in [3.8, 4) is 11.3 Å². The predicted octanol–water partition coefficient (Wildman–Crippen LogP) is 3.12. The maximum Gasteiger partial charge on any atom is 0.152 e. The number of fused-ring (bicyclic) bond motifs is 1. The summed E-state index contributed by atoms with van der Waals surface area (Å²) in [5.74, 6) is 0. The van der Waals surface area contributed by atoms with E-state index in [1.165, 1.54) is 0 Å². The molecule has 3 heteroatoms. The van der Waals surface area contributed by atoms with Crippen molar-refractivity contribution in [2.45, 2.75) is 6.92 Å². The third-order valence-electron chi connectivity index (χ3n) is 3.01. The molecule has 0 aliphatic rings. The fourth-order valence-corrected chi connectivity index (χ4v) is 2.23. The highest BCUT2D eigenvalue weighted by atomic mass is 16.1. The first-order chi connectivity index (χ1) is 8.79. The van der Waals surface area contributed by atoms with Crippen molar-refractivity contribution in [1.29, 1.82) is 0 Å². The van der Waals surface area contributed by atoms with Crippen LogP contribution in [0.3, 0.4) is 0 Å². The Labute approximate surface area is 105 Å². The molecule has 3 rings (SSSR count). The van der Waals surface area contributed by atoms with E-state index in [2.05, 4.69) is 4.98 Å². The molecule has 0 radical (unpaired) electrons. The van der Waals surface area contributed by atoms with E-state index in [4.69, 9.17) is 0 Å². The van der Waals surface area contributed by atoms with Crippen molar-refractivity contribution < 1.29 is 4.79 Å². The summed E-state index contributed by atoms with van der Waals surface area (Å²) in [5.41, 5.74) is 4.59. The van der Waals surface area contributed by atoms with E-state index in [0.29, 0.717) is 5.56 Å². The minimum atomic E-state index is 0.701. The zero-order chi connectivity index (χ0) is 12.5. The molecule has 0 saturated heterocycles. The number of hydrogen-bond acceptors (Lipinski definition) is 2. The summed E-state index contributed by atoms with van der Waals surface area (Å²) in [7, 11) is 0. The third kappa shape index (κ3) is 1.61. The van der Waals surface area contributed by atoms with Gasteiger partial charge < -0.3 is 4.40 Å². The lowest BCUT2D eigenvalue weighted by Crippen LogP contribution is -1.91. The summed E-state index contributed by atoms with van der Waals surface area (Å²) >= 11 is 0. The van der Waals surface area contributed by atoms with Gasteiger partial charge in [-0.15, -0.1) is 0 Å². The number of pyridine rings is 2. The standard InChI is InChI=1S/C15H12N2O/c1-11-8-12(5-6-16-11)15-13(10-18)9-14-4-2-3-7-17(14)15/h2-10H,1H3. The highest BCUT2D eigenvalue weighted by Crippen LogP contribution is 2.26. The van der Waals surface area contributed by atoms with Crippen molar-refractivity contribution in [2.75, 3.05) is 0 Å². The van der Waals surface area contributed by atoms with Crippen LogP contribution in [-0.2, 0) is 0 Å². The molecule has 3 aromatic heterocycles. The lowest BCUT2D eigenvalue weighted by molar-refractivity contribution is 0.112. The second kappa shape index (κ2) is 4.11. The smallest absolute Gasteiger partial charge is 0.152 e. The number of aldehydes is 1. The molecule has 0 N–H and O–H groups in total. The van der Waals surface area contributed by atoms with Gasteiger partial charge in [0.15, 0.2) is 6.29 Å². The first-order valence-corrected chi connectivity index (χ1v) is 5.78. The Balaban J connectivity index is 2.36. The average molecular weight is 236 g/mol. The molecule has 0 bridgehead atoms. The van der Waals surface area contributed by atoms with Crippen LogP contribution in [0, 0.1) is 6.92 Å². The van der Waals surface area contributed by atoms with Crippen LogP contribution in [0.2, 0.25) is 0 Å². The molecular weight excluding hydrogens is 224 g/mol. The van der Waals surface area contributed by atoms with Crippen molar-refractivity contribution >= 4 is 11.8 Å². The van der Waals surface area contributed by atoms with Gasteiger partial charge in [0.1, 0.15) is 0 Å². The van der Waals surface area contributed by atoms with Gasteiger partial charge in [0.05, 0.1) is 5.69 Å². The van der Waals surface area contributed by atoms with Gasteiger partial charge in [-0.05, 0) is 37.3 Å². The van der Waals surface area contributed by atoms with Crippen molar-refractivity contribution in [3.05, 3.63) is 60.0 Å². The summed E-state index contributed by atoms with van der Waals surface area (Å²) in [6, 6.07) is 11.7. The SMILES string of the molecule is Cc1cc(-c2c(C=O)cc3ccccn23)ccn1. The van der Waals surface area contributed by atoms with Crippen LogP contribution in [-0.4, -0.2) is 15.7 Å². The first-order valence-electron chi connectivity index (χ1n) is 5.78. The molecule has 3 nitrogen and oxygen atoms in total. The molecule has 0 unspecified atom stereocenters. The molecule has 0 amide bonds. The van der Waals surface area contributed by atoms with Crippen molar-refractivity contribution in [1.82, 2.24) is 9.38 Å². The molecule has 0 aliphatic heterocycles. The molecule has 0 saturated carbocycles. The lowest BCUT2D eigenvalue weighted by Gasteiger charge is -2.04. The fourth-order valence-electron chi connectivity index (χ4n) is 2.23. The fraction of sp³-hybridized carbons (Fsp3) is 0.0667. The normalized spacial score (nSPS) is 10.7. The molecule has 0 atom stereocenters. The summed E-state index contributed by atoms with van der Waals surface area (Å²) in [4.78, 5) is 15.4. The van der Waals surface area contributed by atoms with E-state index < -0.39 is 0 Å². The van der Waals surface area contributed by atoms with Crippen LogP contribution in [0.5, 0.6) is 0 Å². The summed E-state index contributed by atoms with van der Waals surface area (Å²) in [5, 5.41) is 0. The van der Waals surface area contributed by atoms with Crippen LogP contribution in [0.1, 0.15) is 16.1 Å². The van der Waals surface area contributed by atoms with Gasteiger partial charge in [0.25, 0.3) is 0 Å². The van der Waals surface area contributed by atoms with Crippen molar-refractivity contribution in [3.63, 3.8) is 0 Å². The number of rotatable bonds is 2. The maximum absolute atomic E-state index is 11.2. The number of carbonyl (C=O) groups is 1. The number of aryl methyl sites for hydroxylation is 1. The monoisotopic (exact) mass is 236 g/mol. The Hall–Kier alpha value is -2.42. The van der Waals surface area contributed by atoms with Crippen LogP contribution >= 0.6 is 0 Å². The zero-order valence-electron chi connectivity index (χ0n) is 10.00. The van der Waals surface area contributed by atoms with Gasteiger partial charge in [-0.2, -0.15) is 0 Å². The Morgan fingerprint density at radius 1 is 1.22 bits per heavy atom. The molecule has 18 heavy (non-hydrogen) atoms. The molecule has 3 aromatic rings. The van der Waals surface area contributed by atoms with Crippen LogP contribution < -0.4 is 0 Å². The van der Waals surface area contributed by atoms with E-state index in [9.17, 15) is 4.79 Å². The highest BCUT2D eigenvalue weighted by Gasteiger charge is 2.11. The number of nitrogens with zero attached hydrogens (tertiary/aromatic N) is 2. The molecule has 0 spiro atoms. The Bertz CT molecular complexity index is 728. The van der Waals surface area contributed by atoms with Gasteiger partial charge in [-0.3, -0.25) is 9.78 Å². The Morgan fingerprint density at radius 3 is 2.89 bits per heavy atom. The van der Waals surface area contributed by atoms with E-state index in [-0.39, 0.29) is 0 Å². The molecule has 0 aliphatic carbocycles. The van der Waals surface area contributed by atoms with Gasteiger partial charge in [-0.25, -0.2) is 0 Å². The molecule has 0 aromatic carbocycles. The minimum absolute atomic E-state index is 0.701. The molecular formula is C15H12N2O. The second-order valence-electron chi connectivity index (χ2n) is 4.25. The van der Waals surface area contributed by atoms with Gasteiger partial charge in [0.2, 0.25) is 0 Å². The summed E-state index contributed by atoms with van der Waals surface area (Å²) < 4.78 is 2.03. The summed E-state index contributed by atoms with van der Waals surface area (Å²) in [6.45, 7) is 1.94. The number of aromatic nitrogens is 2. The predicted molar refractivity (Wildman–Crippen MR) is 70.8 cm³/mol. The Morgan fingerprint density at radius 2 is 2.11 bits per heavy atom. The lowest BCUT2D eigenvalue weighted by atomic mass is 10.1. The minimum Gasteiger partial charge on any atom is -0.316 e. The van der Waals surface area contributed by atoms with Gasteiger partial charge in [-0.1, -0.05) is 6.07 Å². The largest absolute Gasteiger partial charge is 0.316 e. The maximum atomic E-state index is 11.2. The Kier molecular flexibility index (Phi) is 2.45. The third-order valence-corrected chi connectivity index (χ3v) is 3.01.